The summed E-state index contributed by atoms with van der Waals surface area (Å²) in [6.07, 6.45) is -6.67. The first-order chi connectivity index (χ1) is 41.7. The van der Waals surface area contributed by atoms with Gasteiger partial charge in [0.15, 0.2) is 10.2 Å². The molecule has 3 aromatic rings. The van der Waals surface area contributed by atoms with Gasteiger partial charge in [-0.2, -0.15) is 0 Å². The SMILES string of the molecule is C=Cc1c(C)c2cc3nc(c(CC(=O)SCCCS[C@H]4C[C@@H](O)[C@H](O)[C@@H](CO)O4)c4nc(cc5[nH]c(cc1[nH]2)c(C)c5CC)C(C)=C4C(=O)SCCCS[C@H]1C[C@@H](O)[C@H](O)[C@@H](CO)O1)[C@@H](CCC(=O)SCCCS[C@@H]1O[C@H](CO)[C@@H](O)[C@H](O)[C@H]1O)[C@@H]3C. The lowest BCUT2D eigenvalue weighted by molar-refractivity contribution is -0.205. The summed E-state index contributed by atoms with van der Waals surface area (Å²) >= 11 is 7.57. The summed E-state index contributed by atoms with van der Waals surface area (Å²) in [5.41, 5.74) is 9.12. The molecule has 3 saturated heterocycles. The molecule has 12 N–H and O–H groups in total. The topological polar surface area (TPSA) is 339 Å². The van der Waals surface area contributed by atoms with Crippen LogP contribution in [0.2, 0.25) is 0 Å². The third-order valence-corrected chi connectivity index (χ3v) is 23.3. The third-order valence-electron chi connectivity index (χ3n) is 16.7. The van der Waals surface area contributed by atoms with Crippen LogP contribution in [0.1, 0.15) is 128 Å². The monoisotopic (exact) mass is 1320 g/mol. The van der Waals surface area contributed by atoms with E-state index in [-0.39, 0.29) is 46.9 Å². The number of hydrogen-bond donors (Lipinski definition) is 12. The largest absolute Gasteiger partial charge is 0.394 e. The zero-order valence-electron chi connectivity index (χ0n) is 49.7. The first-order valence-corrected chi connectivity index (χ1v) is 35.8. The Morgan fingerprint density at radius 1 is 0.644 bits per heavy atom. The van der Waals surface area contributed by atoms with Crippen molar-refractivity contribution in [3.63, 3.8) is 0 Å². The van der Waals surface area contributed by atoms with E-state index in [2.05, 4.69) is 43.4 Å². The van der Waals surface area contributed by atoms with Gasteiger partial charge >= 0.3 is 0 Å². The van der Waals surface area contributed by atoms with Crippen molar-refractivity contribution < 1.29 is 79.7 Å². The molecule has 5 aliphatic heterocycles. The van der Waals surface area contributed by atoms with Crippen LogP contribution in [0.25, 0.3) is 39.3 Å². The van der Waals surface area contributed by atoms with Gasteiger partial charge in [-0.3, -0.25) is 19.4 Å². The average Bonchev–Trinajstić information content (AvgIpc) is 3.25. The summed E-state index contributed by atoms with van der Waals surface area (Å²) in [5.74, 6) is 2.16. The van der Waals surface area contributed by atoms with Crippen molar-refractivity contribution in [2.45, 2.75) is 182 Å². The van der Waals surface area contributed by atoms with Crippen LogP contribution in [-0.4, -0.2) is 218 Å². The molecule has 15 atom stereocenters. The van der Waals surface area contributed by atoms with Gasteiger partial charge in [-0.05, 0) is 111 Å². The van der Waals surface area contributed by atoms with Crippen LogP contribution in [0.3, 0.4) is 0 Å². The number of allylic oxidation sites excluding steroid dienone is 1. The normalized spacial score (nSPS) is 28.5. The molecule has 87 heavy (non-hydrogen) atoms. The van der Waals surface area contributed by atoms with Crippen molar-refractivity contribution in [2.75, 3.05) is 54.3 Å². The van der Waals surface area contributed by atoms with E-state index in [0.29, 0.717) is 106 Å². The Bertz CT molecular complexity index is 3110. The fourth-order valence-corrected chi connectivity index (χ4v) is 17.9. The van der Waals surface area contributed by atoms with Crippen LogP contribution in [-0.2, 0) is 41.4 Å². The number of H-pyrrole nitrogens is 2. The summed E-state index contributed by atoms with van der Waals surface area (Å²) in [6.45, 7) is 12.9. The van der Waals surface area contributed by atoms with Gasteiger partial charge in [0.1, 0.15) is 65.1 Å². The molecule has 0 unspecified atom stereocenters. The predicted molar refractivity (Wildman–Crippen MR) is 349 cm³/mol. The maximum absolute atomic E-state index is 15.1. The Morgan fingerprint density at radius 3 is 1.80 bits per heavy atom. The van der Waals surface area contributed by atoms with E-state index in [4.69, 9.17) is 24.2 Å². The van der Waals surface area contributed by atoms with Gasteiger partial charge in [-0.1, -0.05) is 61.8 Å². The lowest BCUT2D eigenvalue weighted by atomic mass is 9.84. The highest BCUT2D eigenvalue weighted by Gasteiger charge is 2.44. The fraction of sp³-hybridized carbons (Fsp3) is 0.623. The molecule has 26 heteroatoms. The van der Waals surface area contributed by atoms with Crippen LogP contribution in [0.4, 0.5) is 0 Å². The molecule has 0 amide bonds. The number of hydrogen-bond acceptors (Lipinski definition) is 24. The number of rotatable bonds is 26. The Labute approximate surface area is 532 Å². The van der Waals surface area contributed by atoms with Crippen molar-refractivity contribution in [1.29, 1.82) is 0 Å². The summed E-state index contributed by atoms with van der Waals surface area (Å²) in [5, 5.41) is 101. The Morgan fingerprint density at radius 2 is 1.21 bits per heavy atom. The maximum Gasteiger partial charge on any atom is 0.221 e. The molecule has 3 fully saturated rings. The highest BCUT2D eigenvalue weighted by molar-refractivity contribution is 8.15. The van der Waals surface area contributed by atoms with Gasteiger partial charge in [0.05, 0.1) is 54.7 Å². The van der Waals surface area contributed by atoms with E-state index in [1.165, 1.54) is 47.0 Å². The van der Waals surface area contributed by atoms with E-state index in [9.17, 15) is 60.7 Å². The fourth-order valence-electron chi connectivity index (χ4n) is 11.6. The van der Waals surface area contributed by atoms with Gasteiger partial charge in [-0.25, -0.2) is 4.98 Å². The van der Waals surface area contributed by atoms with Gasteiger partial charge in [0, 0.05) is 93.7 Å². The van der Waals surface area contributed by atoms with Gasteiger partial charge in [-0.15, -0.1) is 35.3 Å². The highest BCUT2D eigenvalue weighted by Crippen LogP contribution is 2.46. The van der Waals surface area contributed by atoms with Gasteiger partial charge in [0.2, 0.25) is 5.12 Å². The number of thioether (sulfide) groups is 6. The summed E-state index contributed by atoms with van der Waals surface area (Å²) in [4.78, 5) is 62.0. The van der Waals surface area contributed by atoms with E-state index in [1.807, 2.05) is 32.1 Å². The van der Waals surface area contributed by atoms with Crippen molar-refractivity contribution >= 4 is 125 Å². The zero-order chi connectivity index (χ0) is 62.8. The van der Waals surface area contributed by atoms with E-state index < -0.39 is 103 Å². The number of aliphatic hydroxyl groups excluding tert-OH is 10. The molecule has 0 spiro atoms. The quantitative estimate of drug-likeness (QED) is 0.0417. The van der Waals surface area contributed by atoms with Crippen LogP contribution >= 0.6 is 70.6 Å². The minimum atomic E-state index is -1.48. The molecule has 0 aliphatic carbocycles. The van der Waals surface area contributed by atoms with Gasteiger partial charge < -0.3 is 75.2 Å². The summed E-state index contributed by atoms with van der Waals surface area (Å²) < 4.78 is 17.3. The highest BCUT2D eigenvalue weighted by atomic mass is 32.2. The molecule has 0 saturated carbocycles. The van der Waals surface area contributed by atoms with Crippen LogP contribution in [0.15, 0.2) is 24.8 Å². The van der Waals surface area contributed by atoms with Crippen LogP contribution < -0.4 is 0 Å². The number of nitrogens with zero attached hydrogens (tertiary/aromatic N) is 2. The molecular formula is C61H84N4O16S6. The molecule has 8 bridgehead atoms. The number of aryl methyl sites for hydroxylation is 3. The Kier molecular flexibility index (Phi) is 26.3. The maximum atomic E-state index is 15.1. The number of aromatic amines is 2. The molecule has 5 aliphatic rings. The second kappa shape index (κ2) is 32.7. The number of ether oxygens (including phenoxy) is 3. The lowest BCUT2D eigenvalue weighted by Gasteiger charge is -2.39. The second-order valence-corrected chi connectivity index (χ2v) is 29.6. The summed E-state index contributed by atoms with van der Waals surface area (Å²) in [7, 11) is 0. The molecule has 20 nitrogen and oxygen atoms in total. The summed E-state index contributed by atoms with van der Waals surface area (Å²) in [6, 6.07) is 6.06. The van der Waals surface area contributed by atoms with Crippen LogP contribution in [0.5, 0.6) is 0 Å². The molecule has 8 rings (SSSR count). The number of aromatic nitrogens is 4. The number of carbonyl (C=O) groups is 3. The molecule has 0 aromatic carbocycles. The van der Waals surface area contributed by atoms with E-state index >= 15 is 4.79 Å². The van der Waals surface area contributed by atoms with Crippen molar-refractivity contribution in [2.24, 2.45) is 0 Å². The van der Waals surface area contributed by atoms with E-state index in [0.717, 1.165) is 67.8 Å². The molecular weight excluding hydrogens is 1240 g/mol. The zero-order valence-corrected chi connectivity index (χ0v) is 54.6. The first-order valence-electron chi connectivity index (χ1n) is 29.7. The number of nitrogens with one attached hydrogen (secondary N) is 2. The number of aliphatic hydroxyl groups is 10. The van der Waals surface area contributed by atoms with Crippen molar-refractivity contribution in [3.8, 4) is 0 Å². The van der Waals surface area contributed by atoms with Crippen molar-refractivity contribution in [3.05, 3.63) is 75.4 Å². The Hall–Kier alpha value is -2.81. The standard InChI is InChI=1S/C61H84N4O16S6/c1-7-33-29(3)37-21-39-31(5)35(12-13-48(71)82-14-10-19-87-61-59(77)58(76)57(75)47(28-68)81-61)53(64-39)36(20-49(72)83-15-9-16-84-50-24-43(69)55(73)45(26-66)79-50)54-52(60(78)86-18-11-17-85-51-25-44(70)56(74)46(27-67)80-51)32(6)40(65-54)23-42-34(8-2)30(4)38(63-42)22-41(33)62-37/h7,21-23,31,35,43-47,50-51,55-59,61-63,66-70,73-77H,1,8-20,24-28H2,2-6H3/t31-,35-,43+,44+,45+,46+,47+,50-,51-,55-,56-,57+,58-,59+,61-/m0/s1. The number of carbonyl (C=O) groups excluding carboxylic acids is 3. The molecule has 3 aromatic heterocycles. The second-order valence-electron chi connectivity index (χ2n) is 22.5. The molecule has 8 heterocycles. The third kappa shape index (κ3) is 16.9. The minimum absolute atomic E-state index is 0.0674. The minimum Gasteiger partial charge on any atom is -0.394 e. The van der Waals surface area contributed by atoms with Crippen LogP contribution in [0, 0.1) is 13.8 Å². The predicted octanol–water partition coefficient (Wildman–Crippen LogP) is 5.89. The lowest BCUT2D eigenvalue weighted by Crippen LogP contribution is -2.57. The molecule has 0 radical (unpaired) electrons. The Balaban J connectivity index is 1.14. The smallest absolute Gasteiger partial charge is 0.221 e. The van der Waals surface area contributed by atoms with E-state index in [1.54, 1.807) is 0 Å². The number of fused-ring (bicyclic) bond motifs is 8. The van der Waals surface area contributed by atoms with Crippen molar-refractivity contribution in [1.82, 2.24) is 19.9 Å². The first kappa shape index (κ1) is 70.1. The average molecular weight is 1320 g/mol. The molecule has 480 valence electrons. The van der Waals surface area contributed by atoms with Gasteiger partial charge in [0.25, 0.3) is 0 Å².